The lowest BCUT2D eigenvalue weighted by molar-refractivity contribution is -0.0945. The van der Waals surface area contributed by atoms with Crippen LogP contribution >= 0.6 is 0 Å². The zero-order valence-electron chi connectivity index (χ0n) is 16.5. The minimum absolute atomic E-state index is 0.1000. The topological polar surface area (TPSA) is 97.0 Å². The van der Waals surface area contributed by atoms with Crippen LogP contribution < -0.4 is 11.7 Å². The maximum Gasteiger partial charge on any atom is 0.110 e. The van der Waals surface area contributed by atoms with Crippen molar-refractivity contribution < 1.29 is 5.11 Å². The second-order valence-electron chi connectivity index (χ2n) is 9.69. The van der Waals surface area contributed by atoms with Crippen molar-refractivity contribution in [3.05, 3.63) is 11.6 Å². The molecule has 6 atom stereocenters. The van der Waals surface area contributed by atoms with Gasteiger partial charge >= 0.3 is 0 Å². The number of nitrogens with zero attached hydrogens (tertiary/aromatic N) is 2. The van der Waals surface area contributed by atoms with Gasteiger partial charge in [0.2, 0.25) is 0 Å². The summed E-state index contributed by atoms with van der Waals surface area (Å²) in [5, 5.41) is 19.4. The molecule has 0 aromatic heterocycles. The highest BCUT2D eigenvalue weighted by atomic mass is 16.3. The van der Waals surface area contributed by atoms with Crippen LogP contribution in [0.5, 0.6) is 0 Å². The summed E-state index contributed by atoms with van der Waals surface area (Å²) in [6.45, 7) is 6.67. The summed E-state index contributed by atoms with van der Waals surface area (Å²) in [5.74, 6) is 13.1. The van der Waals surface area contributed by atoms with Gasteiger partial charge < -0.3 is 16.8 Å². The van der Waals surface area contributed by atoms with E-state index in [1.807, 2.05) is 6.92 Å². The SMILES string of the molecule is C/C(=N/N)[C@]1(O)CC[C@@H]2[C@H]3CCC4=C/C(=N/N)CC[C@]4(C)[C@@H]3CC[C@]21C. The molecule has 5 N–H and O–H groups in total. The van der Waals surface area contributed by atoms with Gasteiger partial charge in [0.05, 0.1) is 11.4 Å². The molecule has 0 bridgehead atoms. The van der Waals surface area contributed by atoms with Gasteiger partial charge in [-0.1, -0.05) is 19.4 Å². The second-order valence-corrected chi connectivity index (χ2v) is 9.69. The van der Waals surface area contributed by atoms with Gasteiger partial charge in [0.1, 0.15) is 5.60 Å². The van der Waals surface area contributed by atoms with Crippen LogP contribution in [0.1, 0.15) is 72.1 Å². The molecule has 3 saturated carbocycles. The molecule has 5 nitrogen and oxygen atoms in total. The molecule has 0 aliphatic heterocycles. The van der Waals surface area contributed by atoms with E-state index >= 15 is 0 Å². The quantitative estimate of drug-likeness (QED) is 0.381. The van der Waals surface area contributed by atoms with E-state index in [0.717, 1.165) is 44.2 Å². The van der Waals surface area contributed by atoms with E-state index in [-0.39, 0.29) is 10.8 Å². The average molecular weight is 359 g/mol. The smallest absolute Gasteiger partial charge is 0.110 e. The molecule has 0 saturated heterocycles. The molecular weight excluding hydrogens is 324 g/mol. The standard InChI is InChI=1S/C21H34N4O/c1-13(24-22)21(26)11-8-18-16-5-4-14-12-15(25-23)6-9-19(14,2)17(16)7-10-20(18,21)3/h12,16-18,26H,4-11,22-23H2,1-3H3/b24-13-,25-15+/t16-,17+,18+,19-,20+,21+/m0/s1. The van der Waals surface area contributed by atoms with Crippen molar-refractivity contribution in [2.24, 2.45) is 50.5 Å². The predicted molar refractivity (Wildman–Crippen MR) is 106 cm³/mol. The minimum Gasteiger partial charge on any atom is -0.383 e. The molecule has 5 heteroatoms. The minimum atomic E-state index is -0.833. The number of rotatable bonds is 1. The van der Waals surface area contributed by atoms with Gasteiger partial charge in [-0.05, 0) is 87.5 Å². The number of hydrogen-bond acceptors (Lipinski definition) is 5. The first-order chi connectivity index (χ1) is 12.3. The number of allylic oxidation sites excluding steroid dienone is 2. The molecule has 0 heterocycles. The largest absolute Gasteiger partial charge is 0.383 e. The Hall–Kier alpha value is -1.36. The van der Waals surface area contributed by atoms with E-state index in [9.17, 15) is 5.11 Å². The lowest BCUT2D eigenvalue weighted by Crippen LogP contribution is -2.57. The van der Waals surface area contributed by atoms with Crippen molar-refractivity contribution >= 4 is 11.4 Å². The molecule has 0 unspecified atom stereocenters. The van der Waals surface area contributed by atoms with Crippen LogP contribution in [0, 0.1) is 28.6 Å². The lowest BCUT2D eigenvalue weighted by Gasteiger charge is -2.59. The third kappa shape index (κ3) is 2.12. The maximum absolute atomic E-state index is 11.5. The molecule has 26 heavy (non-hydrogen) atoms. The third-order valence-corrected chi connectivity index (χ3v) is 9.09. The molecule has 144 valence electrons. The van der Waals surface area contributed by atoms with Crippen LogP contribution in [0.15, 0.2) is 21.9 Å². The normalized spacial score (nSPS) is 50.0. The first kappa shape index (κ1) is 18.0. The van der Waals surface area contributed by atoms with E-state index in [0.29, 0.717) is 23.5 Å². The molecule has 3 fully saturated rings. The Kier molecular flexibility index (Phi) is 4.03. The fourth-order valence-electron chi connectivity index (χ4n) is 7.39. The molecule has 0 radical (unpaired) electrons. The van der Waals surface area contributed by atoms with Crippen molar-refractivity contribution in [2.75, 3.05) is 0 Å². The van der Waals surface area contributed by atoms with Crippen molar-refractivity contribution in [1.82, 2.24) is 0 Å². The lowest BCUT2D eigenvalue weighted by atomic mass is 9.46. The Morgan fingerprint density at radius 2 is 1.81 bits per heavy atom. The monoisotopic (exact) mass is 358 g/mol. The Morgan fingerprint density at radius 3 is 2.50 bits per heavy atom. The zero-order valence-corrected chi connectivity index (χ0v) is 16.5. The van der Waals surface area contributed by atoms with E-state index in [4.69, 9.17) is 11.7 Å². The summed E-state index contributed by atoms with van der Waals surface area (Å²) in [6.07, 6.45) is 10.9. The molecule has 4 aliphatic carbocycles. The molecule has 0 aromatic rings. The molecule has 0 spiro atoms. The van der Waals surface area contributed by atoms with Crippen molar-refractivity contribution in [1.29, 1.82) is 0 Å². The first-order valence-electron chi connectivity index (χ1n) is 10.3. The zero-order chi connectivity index (χ0) is 18.7. The highest BCUT2D eigenvalue weighted by Crippen LogP contribution is 2.67. The second kappa shape index (κ2) is 5.82. The fraction of sp³-hybridized carbons (Fsp3) is 0.810. The highest BCUT2D eigenvalue weighted by Gasteiger charge is 2.64. The van der Waals surface area contributed by atoms with Gasteiger partial charge in [0, 0.05) is 5.41 Å². The summed E-state index contributed by atoms with van der Waals surface area (Å²) in [6, 6.07) is 0. The van der Waals surface area contributed by atoms with Crippen LogP contribution in [0.3, 0.4) is 0 Å². The summed E-state index contributed by atoms with van der Waals surface area (Å²) < 4.78 is 0. The van der Waals surface area contributed by atoms with E-state index in [1.54, 1.807) is 5.57 Å². The van der Waals surface area contributed by atoms with Crippen LogP contribution in [0.4, 0.5) is 0 Å². The Morgan fingerprint density at radius 1 is 1.08 bits per heavy atom. The Balaban J connectivity index is 1.68. The third-order valence-electron chi connectivity index (χ3n) is 9.09. The first-order valence-corrected chi connectivity index (χ1v) is 10.3. The van der Waals surface area contributed by atoms with Crippen LogP contribution in [0.2, 0.25) is 0 Å². The van der Waals surface area contributed by atoms with Crippen molar-refractivity contribution in [3.63, 3.8) is 0 Å². The Bertz CT molecular complexity index is 698. The van der Waals surface area contributed by atoms with Gasteiger partial charge in [-0.25, -0.2) is 0 Å². The van der Waals surface area contributed by atoms with Crippen LogP contribution in [-0.4, -0.2) is 22.1 Å². The van der Waals surface area contributed by atoms with Crippen LogP contribution in [-0.2, 0) is 0 Å². The summed E-state index contributed by atoms with van der Waals surface area (Å²) in [5.41, 5.74) is 2.67. The van der Waals surface area contributed by atoms with Gasteiger partial charge in [-0.15, -0.1) is 0 Å². The summed E-state index contributed by atoms with van der Waals surface area (Å²) >= 11 is 0. The van der Waals surface area contributed by atoms with Gasteiger partial charge in [0.25, 0.3) is 0 Å². The number of nitrogens with two attached hydrogens (primary N) is 2. The summed E-state index contributed by atoms with van der Waals surface area (Å²) in [4.78, 5) is 0. The van der Waals surface area contributed by atoms with Gasteiger partial charge in [-0.2, -0.15) is 10.2 Å². The number of hydrazone groups is 2. The van der Waals surface area contributed by atoms with Crippen molar-refractivity contribution in [3.8, 4) is 0 Å². The molecule has 4 aliphatic rings. The number of aliphatic hydroxyl groups is 1. The predicted octanol–water partition coefficient (Wildman–Crippen LogP) is 3.33. The fourth-order valence-corrected chi connectivity index (χ4v) is 7.39. The van der Waals surface area contributed by atoms with Gasteiger partial charge in [0.15, 0.2) is 0 Å². The van der Waals surface area contributed by atoms with E-state index < -0.39 is 5.60 Å². The average Bonchev–Trinajstić information content (AvgIpc) is 2.92. The molecular formula is C21H34N4O. The van der Waals surface area contributed by atoms with Crippen LogP contribution in [0.25, 0.3) is 0 Å². The highest BCUT2D eigenvalue weighted by molar-refractivity contribution is 5.96. The van der Waals surface area contributed by atoms with Crippen molar-refractivity contribution in [2.45, 2.75) is 77.7 Å². The van der Waals surface area contributed by atoms with Gasteiger partial charge in [-0.3, -0.25) is 0 Å². The maximum atomic E-state index is 11.5. The number of fused-ring (bicyclic) bond motifs is 5. The molecule has 4 rings (SSSR count). The summed E-state index contributed by atoms with van der Waals surface area (Å²) in [7, 11) is 0. The number of hydrogen-bond donors (Lipinski definition) is 3. The molecule has 0 amide bonds. The molecule has 0 aromatic carbocycles. The van der Waals surface area contributed by atoms with E-state index in [1.165, 1.54) is 12.8 Å². The van der Waals surface area contributed by atoms with E-state index in [2.05, 4.69) is 30.1 Å². The Labute approximate surface area is 157 Å².